The number of hydrogen-bond donors (Lipinski definition) is 0. The first-order valence-electron chi connectivity index (χ1n) is 16.8. The molecule has 11 rings (SSSR count). The van der Waals surface area contributed by atoms with Crippen LogP contribution < -0.4 is 0 Å². The maximum absolute atomic E-state index is 2.43. The molecule has 10 aromatic rings. The highest BCUT2D eigenvalue weighted by atomic mass is 14.3. The molecule has 0 saturated heterocycles. The zero-order valence-electron chi connectivity index (χ0n) is 26.2. The van der Waals surface area contributed by atoms with Gasteiger partial charge in [0.05, 0.1) is 0 Å². The summed E-state index contributed by atoms with van der Waals surface area (Å²) in [7, 11) is 0. The smallest absolute Gasteiger partial charge is 0.00201 e. The van der Waals surface area contributed by atoms with E-state index in [0.717, 1.165) is 0 Å². The Morgan fingerprint density at radius 2 is 0.646 bits per heavy atom. The van der Waals surface area contributed by atoms with E-state index in [4.69, 9.17) is 0 Å². The SMILES string of the molecule is c1ccc2c(c1)-c1cccc3c(-c4c5ccccc5c(-c5cccc6cc7ccc8ccccc8c7cc56)c5ccccc45)ccc-2c13. The first kappa shape index (κ1) is 25.9. The lowest BCUT2D eigenvalue weighted by Crippen LogP contribution is -1.92. The van der Waals surface area contributed by atoms with Crippen molar-refractivity contribution in [2.45, 2.75) is 0 Å². The van der Waals surface area contributed by atoms with Gasteiger partial charge in [-0.25, -0.2) is 0 Å². The lowest BCUT2D eigenvalue weighted by Gasteiger charge is -2.20. The maximum atomic E-state index is 2.43. The second kappa shape index (κ2) is 9.64. The van der Waals surface area contributed by atoms with E-state index in [1.54, 1.807) is 0 Å². The third-order valence-corrected chi connectivity index (χ3v) is 10.8. The van der Waals surface area contributed by atoms with E-state index < -0.39 is 0 Å². The molecule has 1 aliphatic rings. The average Bonchev–Trinajstić information content (AvgIpc) is 3.48. The number of rotatable bonds is 2. The van der Waals surface area contributed by atoms with Crippen LogP contribution in [0, 0.1) is 0 Å². The molecule has 0 aromatic heterocycles. The third kappa shape index (κ3) is 3.44. The fourth-order valence-corrected chi connectivity index (χ4v) is 8.73. The first-order chi connectivity index (χ1) is 23.8. The monoisotopic (exact) mass is 604 g/mol. The second-order valence-corrected chi connectivity index (χ2v) is 13.2. The van der Waals surface area contributed by atoms with Gasteiger partial charge in [-0.3, -0.25) is 0 Å². The molecule has 0 nitrogen and oxygen atoms in total. The van der Waals surface area contributed by atoms with Crippen LogP contribution in [-0.4, -0.2) is 0 Å². The van der Waals surface area contributed by atoms with Crippen molar-refractivity contribution in [2.24, 2.45) is 0 Å². The Balaban J connectivity index is 1.26. The van der Waals surface area contributed by atoms with E-state index in [-0.39, 0.29) is 0 Å². The van der Waals surface area contributed by atoms with Crippen molar-refractivity contribution in [3.63, 3.8) is 0 Å². The van der Waals surface area contributed by atoms with Crippen LogP contribution in [-0.2, 0) is 0 Å². The van der Waals surface area contributed by atoms with E-state index in [1.807, 2.05) is 0 Å². The van der Waals surface area contributed by atoms with Crippen molar-refractivity contribution < 1.29 is 0 Å². The second-order valence-electron chi connectivity index (χ2n) is 13.2. The molecule has 0 amide bonds. The minimum Gasteiger partial charge on any atom is -0.0616 e. The Morgan fingerprint density at radius 3 is 1.35 bits per heavy atom. The van der Waals surface area contributed by atoms with E-state index in [2.05, 4.69) is 170 Å². The molecule has 0 heterocycles. The van der Waals surface area contributed by atoms with Crippen LogP contribution in [0.15, 0.2) is 170 Å². The van der Waals surface area contributed by atoms with Crippen LogP contribution in [0.5, 0.6) is 0 Å². The maximum Gasteiger partial charge on any atom is -0.00201 e. The van der Waals surface area contributed by atoms with E-state index in [0.29, 0.717) is 0 Å². The minimum atomic E-state index is 1.26. The Hall–Kier alpha value is -6.24. The van der Waals surface area contributed by atoms with Crippen molar-refractivity contribution in [1.82, 2.24) is 0 Å². The van der Waals surface area contributed by atoms with Crippen LogP contribution in [0.4, 0.5) is 0 Å². The predicted octanol–water partition coefficient (Wildman–Crippen LogP) is 13.6. The molecule has 48 heavy (non-hydrogen) atoms. The van der Waals surface area contributed by atoms with Gasteiger partial charge in [-0.05, 0) is 121 Å². The quantitative estimate of drug-likeness (QED) is 0.136. The van der Waals surface area contributed by atoms with Crippen molar-refractivity contribution in [3.8, 4) is 44.5 Å². The molecular weight excluding hydrogens is 577 g/mol. The molecule has 1 aliphatic carbocycles. The van der Waals surface area contributed by atoms with E-state index in [9.17, 15) is 0 Å². The van der Waals surface area contributed by atoms with Crippen LogP contribution >= 0.6 is 0 Å². The molecular formula is C48H28. The molecule has 0 spiro atoms. The van der Waals surface area contributed by atoms with Gasteiger partial charge in [-0.1, -0.05) is 158 Å². The van der Waals surface area contributed by atoms with Crippen molar-refractivity contribution in [3.05, 3.63) is 170 Å². The summed E-state index contributed by atoms with van der Waals surface area (Å²) in [6.07, 6.45) is 0. The van der Waals surface area contributed by atoms with E-state index in [1.165, 1.54) is 109 Å². The van der Waals surface area contributed by atoms with Gasteiger partial charge in [-0.2, -0.15) is 0 Å². The molecule has 10 aromatic carbocycles. The Bertz CT molecular complexity index is 2910. The zero-order chi connectivity index (χ0) is 31.3. The Kier molecular flexibility index (Phi) is 5.20. The minimum absolute atomic E-state index is 1.26. The molecule has 0 radical (unpaired) electrons. The van der Waals surface area contributed by atoms with Gasteiger partial charge in [0.1, 0.15) is 0 Å². The lowest BCUT2D eigenvalue weighted by atomic mass is 9.83. The molecule has 0 unspecified atom stereocenters. The number of benzene rings is 10. The fourth-order valence-electron chi connectivity index (χ4n) is 8.73. The van der Waals surface area contributed by atoms with Gasteiger partial charge in [0, 0.05) is 0 Å². The summed E-state index contributed by atoms with van der Waals surface area (Å²) >= 11 is 0. The molecule has 0 fully saturated rings. The molecule has 0 N–H and O–H groups in total. The van der Waals surface area contributed by atoms with Crippen LogP contribution in [0.2, 0.25) is 0 Å². The van der Waals surface area contributed by atoms with E-state index >= 15 is 0 Å². The number of fused-ring (bicyclic) bond motifs is 9. The first-order valence-corrected chi connectivity index (χ1v) is 16.8. The van der Waals surface area contributed by atoms with Crippen molar-refractivity contribution in [1.29, 1.82) is 0 Å². The van der Waals surface area contributed by atoms with Crippen molar-refractivity contribution in [2.75, 3.05) is 0 Å². The van der Waals surface area contributed by atoms with Gasteiger partial charge in [0.2, 0.25) is 0 Å². The highest BCUT2D eigenvalue weighted by Gasteiger charge is 2.24. The summed E-state index contributed by atoms with van der Waals surface area (Å²) in [6.45, 7) is 0. The van der Waals surface area contributed by atoms with Crippen molar-refractivity contribution >= 4 is 64.6 Å². The summed E-state index contributed by atoms with van der Waals surface area (Å²) in [5, 5.41) is 15.5. The van der Waals surface area contributed by atoms with Gasteiger partial charge in [0.25, 0.3) is 0 Å². The molecule has 0 bridgehead atoms. The fraction of sp³-hybridized carbons (Fsp3) is 0. The highest BCUT2D eigenvalue weighted by Crippen LogP contribution is 2.52. The normalized spacial score (nSPS) is 12.2. The third-order valence-electron chi connectivity index (χ3n) is 10.8. The molecule has 0 heteroatoms. The van der Waals surface area contributed by atoms with Crippen LogP contribution in [0.1, 0.15) is 0 Å². The van der Waals surface area contributed by atoms with Gasteiger partial charge >= 0.3 is 0 Å². The Labute approximate surface area is 278 Å². The molecule has 0 atom stereocenters. The molecule has 0 aliphatic heterocycles. The zero-order valence-corrected chi connectivity index (χ0v) is 26.2. The summed E-state index contributed by atoms with van der Waals surface area (Å²) in [6, 6.07) is 63.3. The summed E-state index contributed by atoms with van der Waals surface area (Å²) < 4.78 is 0. The van der Waals surface area contributed by atoms with Crippen LogP contribution in [0.25, 0.3) is 109 Å². The summed E-state index contributed by atoms with van der Waals surface area (Å²) in [4.78, 5) is 0. The van der Waals surface area contributed by atoms with Gasteiger partial charge in [0.15, 0.2) is 0 Å². The average molecular weight is 605 g/mol. The summed E-state index contributed by atoms with van der Waals surface area (Å²) in [5.74, 6) is 0. The largest absolute Gasteiger partial charge is 0.0616 e. The Morgan fingerprint density at radius 1 is 0.208 bits per heavy atom. The standard InChI is InChI=1S/C48H28/c1-2-13-32-29(11-1)23-24-31-27-30-12-9-20-41(45(30)28-44(31)32)47-36-16-5-7-18-38(36)48(39-19-8-6-17-37(39)47)43-26-25-42-34-15-4-3-14-33(34)35-21-10-22-40(43)46(35)42/h1-28H. The van der Waals surface area contributed by atoms with Gasteiger partial charge < -0.3 is 0 Å². The lowest BCUT2D eigenvalue weighted by molar-refractivity contribution is 1.69. The number of hydrogen-bond acceptors (Lipinski definition) is 0. The molecule has 220 valence electrons. The van der Waals surface area contributed by atoms with Gasteiger partial charge in [-0.15, -0.1) is 0 Å². The topological polar surface area (TPSA) is 0 Å². The van der Waals surface area contributed by atoms with Crippen LogP contribution in [0.3, 0.4) is 0 Å². The molecule has 0 saturated carbocycles. The predicted molar refractivity (Wildman–Crippen MR) is 207 cm³/mol. The highest BCUT2D eigenvalue weighted by molar-refractivity contribution is 6.28. The summed E-state index contributed by atoms with van der Waals surface area (Å²) in [5.41, 5.74) is 10.5.